The topological polar surface area (TPSA) is 110 Å². The van der Waals surface area contributed by atoms with Crippen molar-refractivity contribution in [1.29, 1.82) is 0 Å². The molecule has 35 heavy (non-hydrogen) atoms. The largest absolute Gasteiger partial charge is 0.459 e. The molecule has 0 aliphatic carbocycles. The number of ether oxygens (including phenoxy) is 3. The van der Waals surface area contributed by atoms with Crippen LogP contribution in [0.3, 0.4) is 0 Å². The molecule has 4 aromatic rings. The van der Waals surface area contributed by atoms with Crippen molar-refractivity contribution >= 4 is 23.0 Å². The molecule has 1 aliphatic heterocycles. The second kappa shape index (κ2) is 9.51. The first-order valence-corrected chi connectivity index (χ1v) is 10.8. The van der Waals surface area contributed by atoms with E-state index in [0.717, 1.165) is 4.57 Å². The third-order valence-corrected chi connectivity index (χ3v) is 5.55. The summed E-state index contributed by atoms with van der Waals surface area (Å²) in [4.78, 5) is 41.4. The van der Waals surface area contributed by atoms with Crippen molar-refractivity contribution in [2.24, 2.45) is 0 Å². The minimum atomic E-state index is -1.95. The van der Waals surface area contributed by atoms with Gasteiger partial charge in [-0.25, -0.2) is 18.8 Å². The van der Waals surface area contributed by atoms with E-state index in [1.54, 1.807) is 54.6 Å². The smallest absolute Gasteiger partial charge is 0.353 e. The maximum absolute atomic E-state index is 15.7. The molecule has 9 nitrogen and oxygen atoms in total. The minimum absolute atomic E-state index is 0.0973. The first-order valence-electron chi connectivity index (χ1n) is 10.8. The summed E-state index contributed by atoms with van der Waals surface area (Å²) in [5.74, 6) is -1.43. The number of fused-ring (bicyclic) bond motifs is 1. The van der Waals surface area contributed by atoms with Crippen LogP contribution in [-0.4, -0.2) is 46.5 Å². The molecule has 2 aromatic carbocycles. The lowest BCUT2D eigenvalue weighted by molar-refractivity contribution is -0.0590. The molecule has 0 spiro atoms. The highest BCUT2D eigenvalue weighted by molar-refractivity contribution is 5.90. The van der Waals surface area contributed by atoms with Gasteiger partial charge in [-0.2, -0.15) is 4.98 Å². The third kappa shape index (κ3) is 4.56. The van der Waals surface area contributed by atoms with E-state index in [9.17, 15) is 14.4 Å². The third-order valence-electron chi connectivity index (χ3n) is 5.55. The number of halogens is 1. The summed E-state index contributed by atoms with van der Waals surface area (Å²) in [5, 5.41) is 0.456. The summed E-state index contributed by atoms with van der Waals surface area (Å²) in [6, 6.07) is 17.8. The van der Waals surface area contributed by atoms with Crippen molar-refractivity contribution in [2.45, 2.75) is 24.6 Å². The summed E-state index contributed by atoms with van der Waals surface area (Å²) in [5.41, 5.74) is -0.209. The zero-order valence-electron chi connectivity index (χ0n) is 18.2. The lowest BCUT2D eigenvalue weighted by atomic mass is 10.1. The number of carbonyl (C=O) groups is 2. The average Bonchev–Trinajstić information content (AvgIpc) is 3.46. The van der Waals surface area contributed by atoms with Gasteiger partial charge in [0.2, 0.25) is 5.71 Å². The van der Waals surface area contributed by atoms with Gasteiger partial charge in [-0.3, -0.25) is 4.57 Å². The summed E-state index contributed by atoms with van der Waals surface area (Å²) in [7, 11) is 0. The molecule has 1 aliphatic rings. The van der Waals surface area contributed by atoms with E-state index in [2.05, 4.69) is 4.98 Å². The van der Waals surface area contributed by atoms with Crippen LogP contribution in [0.5, 0.6) is 0 Å². The SMILES string of the molecule is O=C(OC[C@H]1O[C@@H](n2cc3ccoc3nc2=O)[C@@H](F)[C@@H]1OC(=O)c1ccccc1)c1ccccc1. The Hall–Kier alpha value is -4.31. The standard InChI is InChI=1S/C25H19FN2O7/c26-19-20(35-24(30)16-9-5-2-6-10-16)18(14-33-23(29)15-7-3-1-4-8-15)34-22(19)28-13-17-11-12-32-21(17)27-25(28)31/h1-13,18-20,22H,14H2/t18-,19+,20-,22-/m1/s1. The Morgan fingerprint density at radius 1 is 0.971 bits per heavy atom. The van der Waals surface area contributed by atoms with Crippen molar-refractivity contribution in [1.82, 2.24) is 9.55 Å². The highest BCUT2D eigenvalue weighted by atomic mass is 19.1. The van der Waals surface area contributed by atoms with Crippen LogP contribution in [0, 0.1) is 0 Å². The molecule has 5 rings (SSSR count). The van der Waals surface area contributed by atoms with E-state index in [1.807, 2.05) is 0 Å². The second-order valence-corrected chi connectivity index (χ2v) is 7.82. The number of aromatic nitrogens is 2. The van der Waals surface area contributed by atoms with E-state index >= 15 is 4.39 Å². The van der Waals surface area contributed by atoms with Gasteiger partial charge in [-0.15, -0.1) is 0 Å². The van der Waals surface area contributed by atoms with Crippen LogP contribution < -0.4 is 5.69 Å². The van der Waals surface area contributed by atoms with Gasteiger partial charge in [0.15, 0.2) is 18.5 Å². The summed E-state index contributed by atoms with van der Waals surface area (Å²) < 4.78 is 38.3. The average molecular weight is 478 g/mol. The molecule has 1 fully saturated rings. The molecule has 10 heteroatoms. The molecule has 3 heterocycles. The van der Waals surface area contributed by atoms with Crippen molar-refractivity contribution in [3.63, 3.8) is 0 Å². The second-order valence-electron chi connectivity index (χ2n) is 7.82. The zero-order chi connectivity index (χ0) is 24.4. The number of benzene rings is 2. The van der Waals surface area contributed by atoms with Crippen LogP contribution in [0.15, 0.2) is 88.4 Å². The van der Waals surface area contributed by atoms with Crippen LogP contribution in [-0.2, 0) is 14.2 Å². The van der Waals surface area contributed by atoms with Gasteiger partial charge in [-0.05, 0) is 30.3 Å². The normalized spacial score (nSPS) is 21.6. The Labute approximate surface area is 197 Å². The van der Waals surface area contributed by atoms with Gasteiger partial charge in [0.1, 0.15) is 12.7 Å². The van der Waals surface area contributed by atoms with Crippen LogP contribution in [0.25, 0.3) is 11.1 Å². The van der Waals surface area contributed by atoms with Gasteiger partial charge in [0.05, 0.1) is 22.8 Å². The molecule has 4 atom stereocenters. The Bertz CT molecular complexity index is 1400. The molecule has 2 aromatic heterocycles. The first-order chi connectivity index (χ1) is 17.0. The minimum Gasteiger partial charge on any atom is -0.459 e. The molecule has 0 N–H and O–H groups in total. The number of rotatable bonds is 6. The van der Waals surface area contributed by atoms with Gasteiger partial charge in [-0.1, -0.05) is 36.4 Å². The predicted molar refractivity (Wildman–Crippen MR) is 119 cm³/mol. The lowest BCUT2D eigenvalue weighted by Crippen LogP contribution is -2.37. The molecular formula is C25H19FN2O7. The molecule has 0 amide bonds. The highest BCUT2D eigenvalue weighted by Crippen LogP contribution is 2.34. The van der Waals surface area contributed by atoms with Crippen LogP contribution in [0.1, 0.15) is 26.9 Å². The number of furan rings is 1. The van der Waals surface area contributed by atoms with Gasteiger partial charge in [0.25, 0.3) is 0 Å². The Kier molecular flexibility index (Phi) is 6.11. The van der Waals surface area contributed by atoms with Crippen LogP contribution >= 0.6 is 0 Å². The van der Waals surface area contributed by atoms with Gasteiger partial charge < -0.3 is 18.6 Å². The highest BCUT2D eigenvalue weighted by Gasteiger charge is 2.49. The number of hydrogen-bond donors (Lipinski definition) is 0. The lowest BCUT2D eigenvalue weighted by Gasteiger charge is -2.19. The van der Waals surface area contributed by atoms with Crippen molar-refractivity contribution in [2.75, 3.05) is 6.61 Å². The van der Waals surface area contributed by atoms with Crippen molar-refractivity contribution < 1.29 is 32.6 Å². The fourth-order valence-electron chi connectivity index (χ4n) is 3.81. The predicted octanol–water partition coefficient (Wildman–Crippen LogP) is 3.31. The van der Waals surface area contributed by atoms with Gasteiger partial charge in [0, 0.05) is 6.20 Å². The molecule has 0 unspecified atom stereocenters. The van der Waals surface area contributed by atoms with E-state index in [4.69, 9.17) is 18.6 Å². The maximum atomic E-state index is 15.7. The first kappa shape index (κ1) is 22.5. The van der Waals surface area contributed by atoms with Crippen molar-refractivity contribution in [3.05, 3.63) is 101 Å². The van der Waals surface area contributed by atoms with E-state index in [0.29, 0.717) is 10.9 Å². The number of esters is 2. The summed E-state index contributed by atoms with van der Waals surface area (Å²) in [6.07, 6.45) is -3.36. The molecule has 0 radical (unpaired) electrons. The summed E-state index contributed by atoms with van der Waals surface area (Å²) >= 11 is 0. The number of hydrogen-bond acceptors (Lipinski definition) is 8. The Morgan fingerprint density at radius 3 is 2.31 bits per heavy atom. The molecular weight excluding hydrogens is 459 g/mol. The fraction of sp³-hybridized carbons (Fsp3) is 0.200. The Balaban J connectivity index is 1.41. The zero-order valence-corrected chi connectivity index (χ0v) is 18.2. The Morgan fingerprint density at radius 2 is 1.63 bits per heavy atom. The monoisotopic (exact) mass is 478 g/mol. The fourth-order valence-corrected chi connectivity index (χ4v) is 3.81. The molecule has 0 saturated carbocycles. The quantitative estimate of drug-likeness (QED) is 0.388. The number of carbonyl (C=O) groups excluding carboxylic acids is 2. The van der Waals surface area contributed by atoms with Gasteiger partial charge >= 0.3 is 17.6 Å². The summed E-state index contributed by atoms with van der Waals surface area (Å²) in [6.45, 7) is -0.409. The van der Waals surface area contributed by atoms with E-state index < -0.39 is 48.8 Å². The van der Waals surface area contributed by atoms with Crippen molar-refractivity contribution in [3.8, 4) is 0 Å². The molecule has 1 saturated heterocycles. The number of nitrogens with zero attached hydrogens (tertiary/aromatic N) is 2. The number of alkyl halides is 1. The van der Waals surface area contributed by atoms with E-state index in [-0.39, 0.29) is 11.3 Å². The molecule has 178 valence electrons. The molecule has 0 bridgehead atoms. The van der Waals surface area contributed by atoms with Crippen LogP contribution in [0.2, 0.25) is 0 Å². The van der Waals surface area contributed by atoms with E-state index in [1.165, 1.54) is 24.6 Å². The maximum Gasteiger partial charge on any atom is 0.353 e. The van der Waals surface area contributed by atoms with Crippen LogP contribution in [0.4, 0.5) is 4.39 Å².